The van der Waals surface area contributed by atoms with E-state index in [4.69, 9.17) is 0 Å². The van der Waals surface area contributed by atoms with Crippen molar-refractivity contribution in [3.8, 4) is 0 Å². The lowest BCUT2D eigenvalue weighted by atomic mass is 10.2. The molecule has 0 bridgehead atoms. The van der Waals surface area contributed by atoms with E-state index in [1.807, 2.05) is 6.20 Å². The fraction of sp³-hybridized carbons (Fsp3) is 0.636. The zero-order chi connectivity index (χ0) is 10.5. The molecule has 0 N–H and O–H groups in total. The average Bonchev–Trinajstić information content (AvgIpc) is 2.80. The van der Waals surface area contributed by atoms with Crippen LogP contribution in [0.1, 0.15) is 25.7 Å². The number of hydrogen-bond donors (Lipinski definition) is 0. The van der Waals surface area contributed by atoms with E-state index in [1.165, 1.54) is 25.7 Å². The number of nitrogens with zero attached hydrogens (tertiary/aromatic N) is 3. The van der Waals surface area contributed by atoms with Gasteiger partial charge in [-0.2, -0.15) is 0 Å². The Morgan fingerprint density at radius 3 is 2.73 bits per heavy atom. The molecule has 0 saturated heterocycles. The molecule has 3 nitrogen and oxygen atoms in total. The Bertz CT molecular complexity index is 285. The van der Waals surface area contributed by atoms with Gasteiger partial charge in [-0.05, 0) is 12.8 Å². The fourth-order valence-electron chi connectivity index (χ4n) is 2.23. The van der Waals surface area contributed by atoms with Crippen molar-refractivity contribution in [1.29, 1.82) is 0 Å². The van der Waals surface area contributed by atoms with E-state index in [9.17, 15) is 0 Å². The highest BCUT2D eigenvalue weighted by atomic mass is 79.9. The van der Waals surface area contributed by atoms with Crippen LogP contribution in [0.5, 0.6) is 0 Å². The molecule has 0 aromatic carbocycles. The molecule has 1 aromatic heterocycles. The van der Waals surface area contributed by atoms with E-state index in [-0.39, 0.29) is 0 Å². The first-order valence-corrected chi connectivity index (χ1v) is 6.62. The van der Waals surface area contributed by atoms with E-state index in [0.29, 0.717) is 6.04 Å². The molecule has 1 aliphatic rings. The monoisotopic (exact) mass is 269 g/mol. The Morgan fingerprint density at radius 1 is 1.33 bits per heavy atom. The molecule has 0 atom stereocenters. The van der Waals surface area contributed by atoms with Gasteiger partial charge in [-0.1, -0.05) is 28.8 Å². The molecule has 2 rings (SSSR count). The number of halogens is 1. The molecule has 4 heteroatoms. The number of aromatic nitrogens is 2. The first kappa shape index (κ1) is 10.9. The van der Waals surface area contributed by atoms with Gasteiger partial charge < -0.3 is 4.90 Å². The van der Waals surface area contributed by atoms with Crippen LogP contribution in [0, 0.1) is 0 Å². The highest BCUT2D eigenvalue weighted by Gasteiger charge is 2.22. The van der Waals surface area contributed by atoms with Gasteiger partial charge in [0.15, 0.2) is 0 Å². The number of anilines is 1. The molecular formula is C11H16BrN3. The number of rotatable bonds is 4. The van der Waals surface area contributed by atoms with Gasteiger partial charge in [0.1, 0.15) is 5.82 Å². The molecule has 0 radical (unpaired) electrons. The minimum Gasteiger partial charge on any atom is -0.352 e. The maximum atomic E-state index is 4.38. The maximum Gasteiger partial charge on any atom is 0.147 e. The van der Waals surface area contributed by atoms with Gasteiger partial charge in [-0.3, -0.25) is 4.98 Å². The third kappa shape index (κ3) is 2.68. The SMILES string of the molecule is BrCCN(c1cnccn1)C1CCCC1. The highest BCUT2D eigenvalue weighted by Crippen LogP contribution is 2.26. The van der Waals surface area contributed by atoms with Crippen LogP contribution in [-0.2, 0) is 0 Å². The lowest BCUT2D eigenvalue weighted by molar-refractivity contribution is 0.615. The summed E-state index contributed by atoms with van der Waals surface area (Å²) in [5.41, 5.74) is 0. The van der Waals surface area contributed by atoms with E-state index < -0.39 is 0 Å². The molecular weight excluding hydrogens is 254 g/mol. The van der Waals surface area contributed by atoms with Crippen LogP contribution in [0.4, 0.5) is 5.82 Å². The standard InChI is InChI=1S/C11H16BrN3/c12-5-8-15(10-3-1-2-4-10)11-9-13-6-7-14-11/h6-7,9-10H,1-5,8H2. The molecule has 0 aliphatic heterocycles. The molecule has 0 spiro atoms. The van der Waals surface area contributed by atoms with Crippen molar-refractivity contribution in [3.63, 3.8) is 0 Å². The normalized spacial score (nSPS) is 16.9. The smallest absolute Gasteiger partial charge is 0.147 e. The van der Waals surface area contributed by atoms with Crippen LogP contribution in [0.2, 0.25) is 0 Å². The summed E-state index contributed by atoms with van der Waals surface area (Å²) in [5, 5.41) is 0.986. The van der Waals surface area contributed by atoms with Crippen molar-refractivity contribution in [2.75, 3.05) is 16.8 Å². The summed E-state index contributed by atoms with van der Waals surface area (Å²) in [4.78, 5) is 10.9. The van der Waals surface area contributed by atoms with Crippen molar-refractivity contribution >= 4 is 21.7 Å². The number of alkyl halides is 1. The summed E-state index contributed by atoms with van der Waals surface area (Å²) in [6.07, 6.45) is 10.7. The van der Waals surface area contributed by atoms with Gasteiger partial charge in [0.05, 0.1) is 6.20 Å². The third-order valence-electron chi connectivity index (χ3n) is 2.93. The molecule has 82 valence electrons. The van der Waals surface area contributed by atoms with E-state index >= 15 is 0 Å². The summed E-state index contributed by atoms with van der Waals surface area (Å²) in [6, 6.07) is 0.666. The van der Waals surface area contributed by atoms with Crippen LogP contribution in [0.3, 0.4) is 0 Å². The molecule has 15 heavy (non-hydrogen) atoms. The van der Waals surface area contributed by atoms with E-state index in [2.05, 4.69) is 30.8 Å². The van der Waals surface area contributed by atoms with Crippen molar-refractivity contribution in [3.05, 3.63) is 18.6 Å². The fourth-order valence-corrected chi connectivity index (χ4v) is 2.61. The van der Waals surface area contributed by atoms with Gasteiger partial charge in [0.2, 0.25) is 0 Å². The summed E-state index contributed by atoms with van der Waals surface area (Å²) in [7, 11) is 0. The van der Waals surface area contributed by atoms with Gasteiger partial charge >= 0.3 is 0 Å². The highest BCUT2D eigenvalue weighted by molar-refractivity contribution is 9.09. The van der Waals surface area contributed by atoms with Gasteiger partial charge in [0.25, 0.3) is 0 Å². The van der Waals surface area contributed by atoms with Gasteiger partial charge in [0, 0.05) is 30.3 Å². The Morgan fingerprint density at radius 2 is 2.13 bits per heavy atom. The van der Waals surface area contributed by atoms with Gasteiger partial charge in [-0.15, -0.1) is 0 Å². The summed E-state index contributed by atoms with van der Waals surface area (Å²) in [6.45, 7) is 1.02. The molecule has 0 unspecified atom stereocenters. The lowest BCUT2D eigenvalue weighted by Gasteiger charge is -2.28. The first-order chi connectivity index (χ1) is 7.42. The van der Waals surface area contributed by atoms with Crippen molar-refractivity contribution < 1.29 is 0 Å². The predicted octanol–water partition coefficient (Wildman–Crippen LogP) is 2.62. The van der Waals surface area contributed by atoms with Crippen LogP contribution in [-0.4, -0.2) is 27.9 Å². The molecule has 1 heterocycles. The van der Waals surface area contributed by atoms with Crippen LogP contribution >= 0.6 is 15.9 Å². The maximum absolute atomic E-state index is 4.38. The molecule has 1 saturated carbocycles. The zero-order valence-corrected chi connectivity index (χ0v) is 10.4. The van der Waals surface area contributed by atoms with Crippen LogP contribution in [0.15, 0.2) is 18.6 Å². The summed E-state index contributed by atoms with van der Waals surface area (Å²) in [5.74, 6) is 1.02. The molecule has 1 aromatic rings. The van der Waals surface area contributed by atoms with Crippen LogP contribution < -0.4 is 4.90 Å². The van der Waals surface area contributed by atoms with Crippen molar-refractivity contribution in [1.82, 2.24) is 9.97 Å². The Kier molecular flexibility index (Phi) is 3.94. The van der Waals surface area contributed by atoms with E-state index in [1.54, 1.807) is 12.4 Å². The average molecular weight is 270 g/mol. The third-order valence-corrected chi connectivity index (χ3v) is 3.29. The Hall–Kier alpha value is -0.640. The second kappa shape index (κ2) is 5.45. The largest absolute Gasteiger partial charge is 0.352 e. The molecule has 1 fully saturated rings. The summed E-state index contributed by atoms with van der Waals surface area (Å²) < 4.78 is 0. The second-order valence-electron chi connectivity index (χ2n) is 3.88. The minimum atomic E-state index is 0.666. The molecule has 1 aliphatic carbocycles. The lowest BCUT2D eigenvalue weighted by Crippen LogP contribution is -2.35. The topological polar surface area (TPSA) is 29.0 Å². The zero-order valence-electron chi connectivity index (χ0n) is 8.77. The Labute approximate surface area is 99.0 Å². The van der Waals surface area contributed by atoms with Crippen LogP contribution in [0.25, 0.3) is 0 Å². The van der Waals surface area contributed by atoms with Gasteiger partial charge in [-0.25, -0.2) is 4.98 Å². The van der Waals surface area contributed by atoms with Crippen molar-refractivity contribution in [2.24, 2.45) is 0 Å². The minimum absolute atomic E-state index is 0.666. The second-order valence-corrected chi connectivity index (χ2v) is 4.68. The Balaban J connectivity index is 2.11. The molecule has 0 amide bonds. The van der Waals surface area contributed by atoms with Crippen molar-refractivity contribution in [2.45, 2.75) is 31.7 Å². The quantitative estimate of drug-likeness (QED) is 0.787. The van der Waals surface area contributed by atoms with E-state index in [0.717, 1.165) is 17.7 Å². The predicted molar refractivity (Wildman–Crippen MR) is 65.4 cm³/mol. The summed E-state index contributed by atoms with van der Waals surface area (Å²) >= 11 is 3.50. The first-order valence-electron chi connectivity index (χ1n) is 5.50. The number of hydrogen-bond acceptors (Lipinski definition) is 3.